The van der Waals surface area contributed by atoms with Gasteiger partial charge < -0.3 is 33.5 Å². The number of nitrogens with zero attached hydrogens (tertiary/aromatic N) is 5. The van der Waals surface area contributed by atoms with Gasteiger partial charge in [-0.3, -0.25) is 4.90 Å². The molecule has 16 nitrogen and oxygen atoms in total. The molecule has 510 valence electrons. The molecule has 20 heteroatoms. The molecule has 10 bridgehead atoms. The molecule has 11 atom stereocenters. The minimum atomic E-state index is -4.48. The van der Waals surface area contributed by atoms with Crippen molar-refractivity contribution in [2.45, 2.75) is 252 Å². The van der Waals surface area contributed by atoms with Gasteiger partial charge in [0, 0.05) is 93.8 Å². The van der Waals surface area contributed by atoms with Gasteiger partial charge >= 0.3 is 17.4 Å². The Morgan fingerprint density at radius 1 is 0.629 bits per heavy atom. The zero-order valence-corrected chi connectivity index (χ0v) is 58.5. The molecule has 0 spiro atoms. The van der Waals surface area contributed by atoms with Crippen LogP contribution in [0.3, 0.4) is 0 Å². The molecule has 0 aromatic heterocycles. The van der Waals surface area contributed by atoms with Crippen molar-refractivity contribution in [2.24, 2.45) is 71.0 Å². The monoisotopic (exact) mass is 1290 g/mol. The van der Waals surface area contributed by atoms with Crippen LogP contribution in [0.5, 0.6) is 0 Å². The molecule has 10 unspecified atom stereocenters. The van der Waals surface area contributed by atoms with E-state index in [-0.39, 0.29) is 47.7 Å². The van der Waals surface area contributed by atoms with Gasteiger partial charge in [-0.15, -0.1) is 0 Å². The Bertz CT molecular complexity index is 2590. The highest BCUT2D eigenvalue weighted by Crippen LogP contribution is 2.48. The van der Waals surface area contributed by atoms with Crippen LogP contribution in [0.15, 0.2) is 30.3 Å². The molecule has 12 rings (SSSR count). The van der Waals surface area contributed by atoms with Crippen molar-refractivity contribution in [3.05, 3.63) is 35.9 Å². The predicted octanol–water partition coefficient (Wildman–Crippen LogP) is 13.2. The summed E-state index contributed by atoms with van der Waals surface area (Å²) in [5.41, 5.74) is 1.26. The van der Waals surface area contributed by atoms with E-state index in [4.69, 9.17) is 23.7 Å². The van der Waals surface area contributed by atoms with Crippen LogP contribution in [-0.2, 0) is 50.3 Å². The molecule has 1 saturated carbocycles. The van der Waals surface area contributed by atoms with E-state index in [1.165, 1.54) is 37.7 Å². The number of alkyl halides is 2. The molecular formula is C69H117F2N5O11S2. The average molecular weight is 1290 g/mol. The molecular weight excluding hydrogens is 1180 g/mol. The number of amides is 2. The van der Waals surface area contributed by atoms with E-state index >= 15 is 0 Å². The van der Waals surface area contributed by atoms with Gasteiger partial charge in [-0.05, 0) is 175 Å². The van der Waals surface area contributed by atoms with E-state index in [1.807, 2.05) is 28.0 Å². The predicted molar refractivity (Wildman–Crippen MR) is 346 cm³/mol. The fourth-order valence-corrected chi connectivity index (χ4v) is 20.8. The first-order valence-corrected chi connectivity index (χ1v) is 37.8. The number of rotatable bonds is 15. The third-order valence-electron chi connectivity index (χ3n) is 22.6. The third-order valence-corrected chi connectivity index (χ3v) is 26.6. The van der Waals surface area contributed by atoms with Gasteiger partial charge in [0.15, 0.2) is 0 Å². The van der Waals surface area contributed by atoms with Crippen molar-refractivity contribution >= 4 is 32.2 Å². The van der Waals surface area contributed by atoms with Gasteiger partial charge in [0.05, 0.1) is 45.4 Å². The van der Waals surface area contributed by atoms with Crippen LogP contribution in [0.1, 0.15) is 192 Å². The summed E-state index contributed by atoms with van der Waals surface area (Å²) in [5.74, 6) is 7.79. The number of halogens is 2. The van der Waals surface area contributed by atoms with Crippen molar-refractivity contribution in [1.29, 1.82) is 0 Å². The molecule has 1 aromatic rings. The lowest BCUT2D eigenvalue weighted by atomic mass is 9.71. The summed E-state index contributed by atoms with van der Waals surface area (Å²) in [6.07, 6.45) is 15.0. The quantitative estimate of drug-likeness (QED) is 0.163. The average Bonchev–Trinajstić information content (AvgIpc) is 1.93. The van der Waals surface area contributed by atoms with E-state index in [0.29, 0.717) is 103 Å². The number of carbonyl (C=O) groups excluding carboxylic acids is 2. The zero-order valence-electron chi connectivity index (χ0n) is 56.9. The smallest absolute Gasteiger partial charge is 0.410 e. The Hall–Kier alpha value is -2.72. The van der Waals surface area contributed by atoms with Crippen LogP contribution in [0.2, 0.25) is 0 Å². The molecule has 10 aliphatic heterocycles. The van der Waals surface area contributed by atoms with Crippen LogP contribution in [0, 0.1) is 71.0 Å². The summed E-state index contributed by atoms with van der Waals surface area (Å²) in [4.78, 5) is 30.6. The number of hydrogen-bond acceptors (Lipinski definition) is 12. The van der Waals surface area contributed by atoms with Crippen LogP contribution in [0.25, 0.3) is 0 Å². The highest BCUT2D eigenvalue weighted by atomic mass is 32.2. The first-order chi connectivity index (χ1) is 42.0. The van der Waals surface area contributed by atoms with Crippen molar-refractivity contribution in [3.8, 4) is 0 Å². The van der Waals surface area contributed by atoms with Crippen molar-refractivity contribution in [1.82, 2.24) is 23.3 Å². The molecule has 1 aromatic carbocycles. The van der Waals surface area contributed by atoms with Crippen molar-refractivity contribution in [2.75, 3.05) is 65.6 Å². The van der Waals surface area contributed by atoms with Crippen molar-refractivity contribution < 1.29 is 58.9 Å². The van der Waals surface area contributed by atoms with Crippen molar-refractivity contribution in [3.63, 3.8) is 0 Å². The van der Waals surface area contributed by atoms with Gasteiger partial charge in [0.25, 0.3) is 10.0 Å². The number of methoxy groups -OCH3 is 1. The number of carbonyl (C=O) groups is 2. The fourth-order valence-electron chi connectivity index (χ4n) is 17.4. The highest BCUT2D eigenvalue weighted by molar-refractivity contribution is 7.90. The summed E-state index contributed by atoms with van der Waals surface area (Å²) in [6.45, 7) is 33.8. The molecule has 2 amide bonds. The number of morpholine rings is 1. The minimum absolute atomic E-state index is 0.0897. The van der Waals surface area contributed by atoms with Crippen LogP contribution >= 0.6 is 0 Å². The van der Waals surface area contributed by atoms with E-state index < -0.39 is 25.3 Å². The van der Waals surface area contributed by atoms with Gasteiger partial charge in [-0.1, -0.05) is 99.6 Å². The largest absolute Gasteiger partial charge is 0.450 e. The molecule has 0 N–H and O–H groups in total. The molecule has 11 fully saturated rings. The van der Waals surface area contributed by atoms with Crippen LogP contribution in [-0.4, -0.2) is 177 Å². The standard InChI is InChI=1S/C17H25NO.C15H25NO3.C13H25NO3S.C12H21F2NO2S.C12H21NO2/c1-13(2)15-8-16-11-19-12-17(9-15)18(16)10-14-6-4-3-5-7-14;1-10(2)13-11-6-16(7-12(13)9-18-8-11)14(17)19-15(3)4-5-15;1-10(2)11-8-12-4-5-13(9-11)14(12)18(15,16)7-6-17-3;1-8(2)9-6-10-4-5-11(7-9)15(10)18(16,17)12(3,13)14;1-4-15-12(14)13-9-5-6-11(13)10(7-9)8(2)3/h3-7,13,15-17H,8-12H2,1-2H3;10-13H,4-9H2,1-3H3;10-13H,4-9H2,1-3H3;8-11H,4-7H2,1-3H3;8-11H,4-7H2,1-3H3/t;;;;9?,10-,11?/m....0/s1. The molecule has 11 aliphatic rings. The van der Waals surface area contributed by atoms with Crippen LogP contribution < -0.4 is 0 Å². The van der Waals surface area contributed by atoms with E-state index in [1.54, 1.807) is 7.11 Å². The lowest BCUT2D eigenvalue weighted by Crippen LogP contribution is -2.56. The Kier molecular flexibility index (Phi) is 24.9. The maximum atomic E-state index is 13.3. The Balaban J connectivity index is 0.000000144. The molecule has 89 heavy (non-hydrogen) atoms. The van der Waals surface area contributed by atoms with E-state index in [9.17, 15) is 35.2 Å². The normalized spacial score (nSPS) is 33.8. The number of fused-ring (bicyclic) bond motifs is 10. The van der Waals surface area contributed by atoms with Gasteiger partial charge in [-0.2, -0.15) is 17.4 Å². The number of likely N-dealkylation sites (tertiary alicyclic amines) is 1. The second-order valence-corrected chi connectivity index (χ2v) is 34.7. The van der Waals surface area contributed by atoms with E-state index in [0.717, 1.165) is 126 Å². The maximum Gasteiger partial charge on any atom is 0.410 e. The molecule has 0 radical (unpaired) electrons. The first-order valence-electron chi connectivity index (χ1n) is 34.8. The number of sulfonamides is 2. The molecule has 10 saturated heterocycles. The second kappa shape index (κ2) is 30.8. The molecule has 10 heterocycles. The number of hydrogen-bond donors (Lipinski definition) is 0. The zero-order chi connectivity index (χ0) is 64.9. The summed E-state index contributed by atoms with van der Waals surface area (Å²) < 4.78 is 105. The SMILES string of the molecule is CC(C)C1C2COCC1CN(C(=O)OC1(C)CC1)C2.CC(C)C1CC2CCC(C1)N2S(=O)(=O)C(C)(F)F.CC(C)C1CC2COCC(C1)N2Cc1ccccc1.CCOC(=O)N1C2CCC1[C@H](C(C)C)C2.COCCS(=O)(=O)N1C2CCC1CC(C(C)C)C2. The first kappa shape index (κ1) is 72.1. The van der Waals surface area contributed by atoms with Gasteiger partial charge in [0.2, 0.25) is 10.0 Å². The van der Waals surface area contributed by atoms with Gasteiger partial charge in [0.1, 0.15) is 5.60 Å². The lowest BCUT2D eigenvalue weighted by Gasteiger charge is -2.49. The minimum Gasteiger partial charge on any atom is -0.450 e. The Morgan fingerprint density at radius 3 is 1.53 bits per heavy atom. The van der Waals surface area contributed by atoms with Gasteiger partial charge in [-0.25, -0.2) is 26.4 Å². The highest BCUT2D eigenvalue weighted by Gasteiger charge is 2.55. The number of benzene rings is 1. The van der Waals surface area contributed by atoms with Crippen LogP contribution in [0.4, 0.5) is 18.4 Å². The summed E-state index contributed by atoms with van der Waals surface area (Å²) in [6, 6.07) is 13.1. The summed E-state index contributed by atoms with van der Waals surface area (Å²) in [7, 11) is -6.06. The maximum absolute atomic E-state index is 13.3. The summed E-state index contributed by atoms with van der Waals surface area (Å²) >= 11 is 0. The van der Waals surface area contributed by atoms with E-state index in [2.05, 4.69) is 104 Å². The molecule has 1 aliphatic carbocycles. The third kappa shape index (κ3) is 17.6. The number of piperidine rings is 4. The lowest BCUT2D eigenvalue weighted by molar-refractivity contribution is -0.0969. The Morgan fingerprint density at radius 2 is 1.10 bits per heavy atom. The Labute approximate surface area is 536 Å². The number of ether oxygens (including phenoxy) is 5. The fraction of sp³-hybridized carbons (Fsp3) is 0.884. The summed E-state index contributed by atoms with van der Waals surface area (Å²) in [5, 5.41) is -3.67. The topological polar surface area (TPSA) is 165 Å². The second-order valence-electron chi connectivity index (χ2n) is 30.6.